The number of azide groups is 1. The Balaban J connectivity index is 2.37. The minimum absolute atomic E-state index is 0.207. The van der Waals surface area contributed by atoms with Crippen LogP contribution in [0.1, 0.15) is 18.5 Å². The van der Waals surface area contributed by atoms with Gasteiger partial charge in [-0.05, 0) is 33.7 Å². The molecular formula is C9H9N7. The van der Waals surface area contributed by atoms with Gasteiger partial charge >= 0.3 is 0 Å². The van der Waals surface area contributed by atoms with Crippen LogP contribution in [0.4, 0.5) is 0 Å². The van der Waals surface area contributed by atoms with Crippen LogP contribution in [0.3, 0.4) is 0 Å². The molecule has 0 amide bonds. The van der Waals surface area contributed by atoms with Gasteiger partial charge in [0, 0.05) is 4.91 Å². The Morgan fingerprint density at radius 2 is 2.38 bits per heavy atom. The van der Waals surface area contributed by atoms with Crippen molar-refractivity contribution in [3.05, 3.63) is 46.6 Å². The van der Waals surface area contributed by atoms with Gasteiger partial charge in [0.25, 0.3) is 0 Å². The van der Waals surface area contributed by atoms with Gasteiger partial charge in [0.15, 0.2) is 0 Å². The quantitative estimate of drug-likeness (QED) is 0.445. The zero-order valence-electron chi connectivity index (χ0n) is 8.59. The Hall–Kier alpha value is -2.40. The second kappa shape index (κ2) is 4.41. The van der Waals surface area contributed by atoms with E-state index in [9.17, 15) is 0 Å². The van der Waals surface area contributed by atoms with E-state index in [-0.39, 0.29) is 6.04 Å². The lowest BCUT2D eigenvalue weighted by molar-refractivity contribution is 0.776. The van der Waals surface area contributed by atoms with Crippen LogP contribution >= 0.6 is 0 Å². The third kappa shape index (κ3) is 1.99. The molecule has 0 unspecified atom stereocenters. The third-order valence-electron chi connectivity index (χ3n) is 2.19. The summed E-state index contributed by atoms with van der Waals surface area (Å²) < 4.78 is 1.55. The molecule has 0 bridgehead atoms. The Kier molecular flexibility index (Phi) is 2.79. The Labute approximate surface area is 91.3 Å². The first-order valence-electron chi connectivity index (χ1n) is 4.69. The van der Waals surface area contributed by atoms with Crippen molar-refractivity contribution in [3.63, 3.8) is 0 Å². The summed E-state index contributed by atoms with van der Waals surface area (Å²) in [5, 5.41) is 14.5. The van der Waals surface area contributed by atoms with E-state index < -0.39 is 0 Å². The van der Waals surface area contributed by atoms with Crippen LogP contribution < -0.4 is 0 Å². The molecule has 0 aliphatic rings. The summed E-state index contributed by atoms with van der Waals surface area (Å²) in [6.45, 7) is 1.83. The molecule has 2 aromatic rings. The fourth-order valence-corrected chi connectivity index (χ4v) is 1.35. The lowest BCUT2D eigenvalue weighted by Gasteiger charge is -2.06. The molecule has 7 nitrogen and oxygen atoms in total. The average Bonchev–Trinajstić information content (AvgIpc) is 2.83. The first kappa shape index (κ1) is 10.1. The van der Waals surface area contributed by atoms with Crippen LogP contribution in [-0.4, -0.2) is 20.2 Å². The molecule has 2 rings (SSSR count). The molecule has 80 valence electrons. The maximum Gasteiger partial charge on any atom is 0.143 e. The van der Waals surface area contributed by atoms with Crippen LogP contribution in [0.25, 0.3) is 16.1 Å². The van der Waals surface area contributed by atoms with Crippen LogP contribution in [0.15, 0.2) is 35.7 Å². The highest BCUT2D eigenvalue weighted by Crippen LogP contribution is 2.19. The van der Waals surface area contributed by atoms with Gasteiger partial charge in [0.05, 0.1) is 11.7 Å². The molecule has 0 radical (unpaired) electrons. The van der Waals surface area contributed by atoms with Gasteiger partial charge in [-0.25, -0.2) is 4.68 Å². The smallest absolute Gasteiger partial charge is 0.143 e. The Bertz CT molecular complexity index is 512. The number of benzene rings is 1. The highest BCUT2D eigenvalue weighted by molar-refractivity contribution is 5.35. The second-order valence-electron chi connectivity index (χ2n) is 3.23. The SMILES string of the molecule is C[C@H](N=[N+]=[N-])c1cccc(-n2cnnn2)c1. The molecule has 0 aliphatic carbocycles. The summed E-state index contributed by atoms with van der Waals surface area (Å²) >= 11 is 0. The zero-order valence-corrected chi connectivity index (χ0v) is 8.59. The Morgan fingerprint density at radius 3 is 3.06 bits per heavy atom. The van der Waals surface area contributed by atoms with Crippen molar-refractivity contribution in [3.8, 4) is 5.69 Å². The summed E-state index contributed by atoms with van der Waals surface area (Å²) in [6, 6.07) is 7.32. The maximum absolute atomic E-state index is 8.37. The molecule has 0 saturated carbocycles. The number of nitrogens with zero attached hydrogens (tertiary/aromatic N) is 7. The molecule has 0 N–H and O–H groups in total. The van der Waals surface area contributed by atoms with E-state index in [1.165, 1.54) is 6.33 Å². The van der Waals surface area contributed by atoms with Crippen molar-refractivity contribution in [2.24, 2.45) is 5.11 Å². The molecule has 1 heterocycles. The summed E-state index contributed by atoms with van der Waals surface area (Å²) in [5.41, 5.74) is 10.1. The van der Waals surface area contributed by atoms with Gasteiger partial charge in [-0.15, -0.1) is 5.10 Å². The predicted octanol–water partition coefficient (Wildman–Crippen LogP) is 2.03. The number of rotatable bonds is 3. The number of hydrogen-bond acceptors (Lipinski definition) is 4. The van der Waals surface area contributed by atoms with Crippen LogP contribution in [0.5, 0.6) is 0 Å². The van der Waals surface area contributed by atoms with Crippen molar-refractivity contribution in [2.75, 3.05) is 0 Å². The molecule has 1 aromatic heterocycles. The Morgan fingerprint density at radius 1 is 1.50 bits per heavy atom. The van der Waals surface area contributed by atoms with Crippen molar-refractivity contribution >= 4 is 0 Å². The van der Waals surface area contributed by atoms with E-state index in [0.717, 1.165) is 11.3 Å². The third-order valence-corrected chi connectivity index (χ3v) is 2.19. The second-order valence-corrected chi connectivity index (χ2v) is 3.23. The van der Waals surface area contributed by atoms with Gasteiger partial charge in [0.2, 0.25) is 0 Å². The van der Waals surface area contributed by atoms with E-state index in [1.807, 2.05) is 31.2 Å². The zero-order chi connectivity index (χ0) is 11.4. The minimum Gasteiger partial charge on any atom is -0.201 e. The van der Waals surface area contributed by atoms with Gasteiger partial charge in [-0.1, -0.05) is 24.2 Å². The molecule has 0 fully saturated rings. The summed E-state index contributed by atoms with van der Waals surface area (Å²) in [7, 11) is 0. The molecule has 0 aliphatic heterocycles. The van der Waals surface area contributed by atoms with Crippen LogP contribution in [0.2, 0.25) is 0 Å². The molecule has 7 heteroatoms. The van der Waals surface area contributed by atoms with Gasteiger partial charge in [-0.2, -0.15) is 0 Å². The molecule has 16 heavy (non-hydrogen) atoms. The fraction of sp³-hybridized carbons (Fsp3) is 0.222. The number of tetrazole rings is 1. The van der Waals surface area contributed by atoms with E-state index >= 15 is 0 Å². The fourth-order valence-electron chi connectivity index (χ4n) is 1.35. The van der Waals surface area contributed by atoms with E-state index in [2.05, 4.69) is 25.6 Å². The largest absolute Gasteiger partial charge is 0.201 e. The maximum atomic E-state index is 8.37. The highest BCUT2D eigenvalue weighted by Gasteiger charge is 2.04. The summed E-state index contributed by atoms with van der Waals surface area (Å²) in [6.07, 6.45) is 1.51. The van der Waals surface area contributed by atoms with Gasteiger partial charge in [-0.3, -0.25) is 0 Å². The molecule has 1 atom stereocenters. The number of aromatic nitrogens is 4. The summed E-state index contributed by atoms with van der Waals surface area (Å²) in [5.74, 6) is 0. The van der Waals surface area contributed by atoms with E-state index in [0.29, 0.717) is 0 Å². The van der Waals surface area contributed by atoms with Crippen molar-refractivity contribution < 1.29 is 0 Å². The van der Waals surface area contributed by atoms with Crippen molar-refractivity contribution in [1.82, 2.24) is 20.2 Å². The standard InChI is InChI=1S/C9H9N7/c1-7(12-13-10)8-3-2-4-9(5-8)16-6-11-14-15-16/h2-7H,1H3/t7-/m0/s1. The normalized spacial score (nSPS) is 11.8. The van der Waals surface area contributed by atoms with E-state index in [1.54, 1.807) is 4.68 Å². The molecule has 0 saturated heterocycles. The number of hydrogen-bond donors (Lipinski definition) is 0. The lowest BCUT2D eigenvalue weighted by Crippen LogP contribution is -1.97. The summed E-state index contributed by atoms with van der Waals surface area (Å²) in [4.78, 5) is 2.78. The topological polar surface area (TPSA) is 92.4 Å². The first-order chi connectivity index (χ1) is 7.81. The lowest BCUT2D eigenvalue weighted by atomic mass is 10.1. The van der Waals surface area contributed by atoms with Crippen molar-refractivity contribution in [2.45, 2.75) is 13.0 Å². The monoisotopic (exact) mass is 215 g/mol. The first-order valence-corrected chi connectivity index (χ1v) is 4.69. The van der Waals surface area contributed by atoms with Crippen LogP contribution in [0, 0.1) is 0 Å². The average molecular weight is 215 g/mol. The van der Waals surface area contributed by atoms with Crippen LogP contribution in [-0.2, 0) is 0 Å². The minimum atomic E-state index is -0.207. The van der Waals surface area contributed by atoms with Gasteiger partial charge in [0.1, 0.15) is 6.33 Å². The predicted molar refractivity (Wildman–Crippen MR) is 56.7 cm³/mol. The van der Waals surface area contributed by atoms with Gasteiger partial charge < -0.3 is 0 Å². The molecular weight excluding hydrogens is 206 g/mol. The molecule has 1 aromatic carbocycles. The van der Waals surface area contributed by atoms with E-state index in [4.69, 9.17) is 5.53 Å². The highest BCUT2D eigenvalue weighted by atomic mass is 15.5. The molecule has 0 spiro atoms. The van der Waals surface area contributed by atoms with Crippen molar-refractivity contribution in [1.29, 1.82) is 0 Å².